The minimum Gasteiger partial charge on any atom is -0.508 e. The fraction of sp³-hybridized carbons (Fsp3) is 0.125. The highest BCUT2D eigenvalue weighted by Crippen LogP contribution is 2.28. The maximum Gasteiger partial charge on any atom is 0.247 e. The van der Waals surface area contributed by atoms with Crippen molar-refractivity contribution in [3.63, 3.8) is 0 Å². The minimum atomic E-state index is -0.0239. The number of aromatic nitrogens is 2. The number of para-hydroxylation sites is 1. The largest absolute Gasteiger partial charge is 0.508 e. The van der Waals surface area contributed by atoms with Crippen molar-refractivity contribution in [1.29, 1.82) is 0 Å². The van der Waals surface area contributed by atoms with Crippen molar-refractivity contribution in [2.24, 2.45) is 0 Å². The van der Waals surface area contributed by atoms with Gasteiger partial charge in [-0.15, -0.1) is 10.2 Å². The van der Waals surface area contributed by atoms with E-state index in [2.05, 4.69) is 15.5 Å². The number of phenolic OH excluding ortho intramolecular Hbond substituents is 1. The fourth-order valence-electron chi connectivity index (χ4n) is 2.22. The van der Waals surface area contributed by atoms with Crippen LogP contribution < -0.4 is 5.32 Å². The molecule has 1 unspecified atom stereocenters. The Morgan fingerprint density at radius 1 is 1.14 bits per heavy atom. The third-order valence-corrected chi connectivity index (χ3v) is 3.26. The lowest BCUT2D eigenvalue weighted by molar-refractivity contribution is 0.465. The van der Waals surface area contributed by atoms with E-state index in [1.165, 1.54) is 6.39 Å². The smallest absolute Gasteiger partial charge is 0.247 e. The van der Waals surface area contributed by atoms with E-state index >= 15 is 0 Å². The van der Waals surface area contributed by atoms with Crippen molar-refractivity contribution in [3.05, 3.63) is 60.5 Å². The summed E-state index contributed by atoms with van der Waals surface area (Å²) in [6, 6.07) is 15.0. The average Bonchev–Trinajstić information content (AvgIpc) is 3.02. The van der Waals surface area contributed by atoms with Gasteiger partial charge in [0, 0.05) is 16.8 Å². The maximum atomic E-state index is 9.89. The van der Waals surface area contributed by atoms with Crippen LogP contribution in [0.3, 0.4) is 0 Å². The highest BCUT2D eigenvalue weighted by molar-refractivity contribution is 5.61. The van der Waals surface area contributed by atoms with Gasteiger partial charge in [0.05, 0.1) is 6.04 Å². The third-order valence-electron chi connectivity index (χ3n) is 3.26. The van der Waals surface area contributed by atoms with Crippen molar-refractivity contribution in [2.45, 2.75) is 13.0 Å². The molecule has 1 heterocycles. The Balaban J connectivity index is 1.82. The number of anilines is 1. The molecule has 106 valence electrons. The van der Waals surface area contributed by atoms with Crippen LogP contribution in [0.15, 0.2) is 59.3 Å². The summed E-state index contributed by atoms with van der Waals surface area (Å²) in [5, 5.41) is 20.8. The molecule has 2 aromatic carbocycles. The molecule has 0 bridgehead atoms. The van der Waals surface area contributed by atoms with Crippen LogP contribution in [-0.4, -0.2) is 15.3 Å². The van der Waals surface area contributed by atoms with E-state index < -0.39 is 0 Å². The normalized spacial score (nSPS) is 12.0. The molecule has 21 heavy (non-hydrogen) atoms. The summed E-state index contributed by atoms with van der Waals surface area (Å²) in [4.78, 5) is 0. The van der Waals surface area contributed by atoms with Crippen molar-refractivity contribution in [1.82, 2.24) is 10.2 Å². The molecule has 0 radical (unpaired) electrons. The highest BCUT2D eigenvalue weighted by atomic mass is 16.4. The van der Waals surface area contributed by atoms with Crippen LogP contribution in [0.1, 0.15) is 18.5 Å². The molecule has 1 aromatic heterocycles. The van der Waals surface area contributed by atoms with Gasteiger partial charge in [0.15, 0.2) is 0 Å². The minimum absolute atomic E-state index is 0.0239. The molecular weight excluding hydrogens is 266 g/mol. The van der Waals surface area contributed by atoms with Gasteiger partial charge in [0.25, 0.3) is 0 Å². The van der Waals surface area contributed by atoms with Crippen LogP contribution in [0.4, 0.5) is 5.69 Å². The molecule has 2 N–H and O–H groups in total. The van der Waals surface area contributed by atoms with Gasteiger partial charge in [0.2, 0.25) is 12.3 Å². The maximum absolute atomic E-state index is 9.89. The lowest BCUT2D eigenvalue weighted by atomic mass is 10.1. The Labute approximate surface area is 122 Å². The number of hydrogen-bond donors (Lipinski definition) is 2. The SMILES string of the molecule is CC(Nc1cccc(-c2nnco2)c1)c1ccccc1O. The van der Waals surface area contributed by atoms with Gasteiger partial charge in [-0.1, -0.05) is 24.3 Å². The second-order valence-corrected chi connectivity index (χ2v) is 4.75. The van der Waals surface area contributed by atoms with Gasteiger partial charge in [-0.25, -0.2) is 0 Å². The topological polar surface area (TPSA) is 71.2 Å². The Morgan fingerprint density at radius 3 is 2.76 bits per heavy atom. The molecule has 0 spiro atoms. The van der Waals surface area contributed by atoms with E-state index in [1.807, 2.05) is 49.4 Å². The molecular formula is C16H15N3O2. The standard InChI is InChI=1S/C16H15N3O2/c1-11(14-7-2-3-8-15(14)20)18-13-6-4-5-12(9-13)16-19-17-10-21-16/h2-11,18,20H,1H3. The van der Waals surface area contributed by atoms with Gasteiger partial charge >= 0.3 is 0 Å². The molecule has 1 atom stereocenters. The summed E-state index contributed by atoms with van der Waals surface area (Å²) in [7, 11) is 0. The number of nitrogens with one attached hydrogen (secondary N) is 1. The van der Waals surface area contributed by atoms with Crippen LogP contribution in [0.2, 0.25) is 0 Å². The van der Waals surface area contributed by atoms with Crippen molar-refractivity contribution in [2.75, 3.05) is 5.32 Å². The van der Waals surface area contributed by atoms with Crippen LogP contribution in [0, 0.1) is 0 Å². The first-order valence-corrected chi connectivity index (χ1v) is 6.65. The molecule has 0 aliphatic heterocycles. The van der Waals surface area contributed by atoms with E-state index in [-0.39, 0.29) is 11.8 Å². The van der Waals surface area contributed by atoms with Crippen LogP contribution in [0.5, 0.6) is 5.75 Å². The quantitative estimate of drug-likeness (QED) is 0.764. The van der Waals surface area contributed by atoms with Gasteiger partial charge in [-0.05, 0) is 31.2 Å². The van der Waals surface area contributed by atoms with E-state index in [0.29, 0.717) is 5.89 Å². The monoisotopic (exact) mass is 281 g/mol. The summed E-state index contributed by atoms with van der Waals surface area (Å²) in [5.74, 6) is 0.763. The number of phenols is 1. The third kappa shape index (κ3) is 2.86. The number of rotatable bonds is 4. The van der Waals surface area contributed by atoms with Gasteiger partial charge < -0.3 is 14.8 Å². The number of benzene rings is 2. The summed E-state index contributed by atoms with van der Waals surface area (Å²) in [6.07, 6.45) is 1.31. The molecule has 5 nitrogen and oxygen atoms in total. The highest BCUT2D eigenvalue weighted by Gasteiger charge is 2.10. The predicted molar refractivity (Wildman–Crippen MR) is 79.9 cm³/mol. The first-order valence-electron chi connectivity index (χ1n) is 6.65. The Morgan fingerprint density at radius 2 is 2.00 bits per heavy atom. The number of aromatic hydroxyl groups is 1. The molecule has 5 heteroatoms. The lowest BCUT2D eigenvalue weighted by Gasteiger charge is -2.17. The summed E-state index contributed by atoms with van der Waals surface area (Å²) in [5.41, 5.74) is 2.61. The van der Waals surface area contributed by atoms with Crippen molar-refractivity contribution in [3.8, 4) is 17.2 Å². The van der Waals surface area contributed by atoms with Crippen LogP contribution in [0.25, 0.3) is 11.5 Å². The molecule has 0 aliphatic carbocycles. The molecule has 0 amide bonds. The fourth-order valence-corrected chi connectivity index (χ4v) is 2.22. The van der Waals surface area contributed by atoms with Crippen molar-refractivity contribution >= 4 is 5.69 Å². The van der Waals surface area contributed by atoms with Gasteiger partial charge in [-0.3, -0.25) is 0 Å². The van der Waals surface area contributed by atoms with Crippen molar-refractivity contribution < 1.29 is 9.52 Å². The zero-order chi connectivity index (χ0) is 14.7. The average molecular weight is 281 g/mol. The van der Waals surface area contributed by atoms with E-state index in [1.54, 1.807) is 6.07 Å². The number of nitrogens with zero attached hydrogens (tertiary/aromatic N) is 2. The Bertz CT molecular complexity index is 726. The molecule has 3 rings (SSSR count). The van der Waals surface area contributed by atoms with Crippen LogP contribution >= 0.6 is 0 Å². The second kappa shape index (κ2) is 5.66. The van der Waals surface area contributed by atoms with E-state index in [0.717, 1.165) is 16.8 Å². The van der Waals surface area contributed by atoms with E-state index in [9.17, 15) is 5.11 Å². The predicted octanol–water partition coefficient (Wildman–Crippen LogP) is 3.62. The van der Waals surface area contributed by atoms with Crippen LogP contribution in [-0.2, 0) is 0 Å². The molecule has 0 aliphatic rings. The van der Waals surface area contributed by atoms with Gasteiger partial charge in [-0.2, -0.15) is 0 Å². The summed E-state index contributed by atoms with van der Waals surface area (Å²) < 4.78 is 5.19. The van der Waals surface area contributed by atoms with Gasteiger partial charge in [0.1, 0.15) is 5.75 Å². The second-order valence-electron chi connectivity index (χ2n) is 4.75. The molecule has 3 aromatic rings. The zero-order valence-electron chi connectivity index (χ0n) is 11.5. The Hall–Kier alpha value is -2.82. The summed E-state index contributed by atoms with van der Waals surface area (Å²) in [6.45, 7) is 1.99. The lowest BCUT2D eigenvalue weighted by Crippen LogP contribution is -2.06. The molecule has 0 saturated heterocycles. The Kier molecular flexibility index (Phi) is 3.55. The summed E-state index contributed by atoms with van der Waals surface area (Å²) >= 11 is 0. The molecule has 0 fully saturated rings. The molecule has 0 saturated carbocycles. The van der Waals surface area contributed by atoms with E-state index in [4.69, 9.17) is 4.42 Å². The zero-order valence-corrected chi connectivity index (χ0v) is 11.5. The first-order chi connectivity index (χ1) is 10.2. The first kappa shape index (κ1) is 13.2. The number of hydrogen-bond acceptors (Lipinski definition) is 5.